The first kappa shape index (κ1) is 28.5. The molecule has 0 radical (unpaired) electrons. The van der Waals surface area contributed by atoms with Crippen LogP contribution < -0.4 is 9.62 Å². The maximum Gasteiger partial charge on any atom is 0.264 e. The minimum Gasteiger partial charge on any atom is -0.357 e. The summed E-state index contributed by atoms with van der Waals surface area (Å²) in [4.78, 5) is 28.0. The van der Waals surface area contributed by atoms with Gasteiger partial charge < -0.3 is 10.2 Å². The van der Waals surface area contributed by atoms with Gasteiger partial charge in [-0.3, -0.25) is 13.9 Å². The van der Waals surface area contributed by atoms with Crippen LogP contribution in [0.15, 0.2) is 77.7 Å². The Morgan fingerprint density at radius 1 is 0.973 bits per heavy atom. The summed E-state index contributed by atoms with van der Waals surface area (Å²) in [5.74, 6) is -0.922. The highest BCUT2D eigenvalue weighted by Crippen LogP contribution is 2.27. The highest BCUT2D eigenvalue weighted by atomic mass is 35.5. The molecule has 0 spiro atoms. The van der Waals surface area contributed by atoms with Crippen LogP contribution in [0.2, 0.25) is 10.0 Å². The molecule has 0 aliphatic carbocycles. The minimum absolute atomic E-state index is 0.00598. The van der Waals surface area contributed by atoms with E-state index < -0.39 is 28.5 Å². The van der Waals surface area contributed by atoms with Gasteiger partial charge in [-0.2, -0.15) is 0 Å². The van der Waals surface area contributed by atoms with Gasteiger partial charge in [-0.25, -0.2) is 8.42 Å². The number of rotatable bonds is 10. The van der Waals surface area contributed by atoms with Crippen molar-refractivity contribution >= 4 is 50.7 Å². The predicted octanol–water partition coefficient (Wildman–Crippen LogP) is 5.05. The van der Waals surface area contributed by atoms with E-state index in [1.165, 1.54) is 24.1 Å². The Bertz CT molecular complexity index is 1350. The number of nitrogens with one attached hydrogen (secondary N) is 1. The number of amides is 2. The quantitative estimate of drug-likeness (QED) is 0.375. The molecule has 0 heterocycles. The molecule has 10 heteroatoms. The van der Waals surface area contributed by atoms with Gasteiger partial charge in [0.05, 0.1) is 10.6 Å². The lowest BCUT2D eigenvalue weighted by molar-refractivity contribution is -0.140. The average Bonchev–Trinajstić information content (AvgIpc) is 2.88. The summed E-state index contributed by atoms with van der Waals surface area (Å²) in [6, 6.07) is 18.8. The van der Waals surface area contributed by atoms with Gasteiger partial charge in [-0.1, -0.05) is 72.1 Å². The first-order chi connectivity index (χ1) is 17.6. The van der Waals surface area contributed by atoms with Gasteiger partial charge in [0, 0.05) is 23.6 Å². The van der Waals surface area contributed by atoms with Crippen molar-refractivity contribution in [3.63, 3.8) is 0 Å². The molecule has 7 nitrogen and oxygen atoms in total. The standard InChI is InChI=1S/C27H29Cl2N3O4S/c1-4-25(27(34)30-3)31(17-20-12-13-21(28)16-24(20)29)26(33)18-32(22-8-6-5-7-9-22)37(35,36)23-14-10-19(2)11-15-23/h5-16,25H,4,17-18H2,1-3H3,(H,30,34). The van der Waals surface area contributed by atoms with Crippen LogP contribution in [0.3, 0.4) is 0 Å². The Morgan fingerprint density at radius 2 is 1.62 bits per heavy atom. The third-order valence-electron chi connectivity index (χ3n) is 5.92. The molecule has 0 aromatic heterocycles. The molecule has 0 saturated heterocycles. The zero-order chi connectivity index (χ0) is 27.2. The molecule has 1 N–H and O–H groups in total. The van der Waals surface area contributed by atoms with Crippen molar-refractivity contribution < 1.29 is 18.0 Å². The van der Waals surface area contributed by atoms with Gasteiger partial charge in [0.1, 0.15) is 12.6 Å². The largest absolute Gasteiger partial charge is 0.357 e. The van der Waals surface area contributed by atoms with E-state index in [4.69, 9.17) is 23.2 Å². The molecule has 2 amide bonds. The molecular weight excluding hydrogens is 533 g/mol. The number of hydrogen-bond donors (Lipinski definition) is 1. The van der Waals surface area contributed by atoms with E-state index in [9.17, 15) is 18.0 Å². The van der Waals surface area contributed by atoms with E-state index >= 15 is 0 Å². The van der Waals surface area contributed by atoms with Crippen molar-refractivity contribution in [1.82, 2.24) is 10.2 Å². The maximum atomic E-state index is 13.8. The number of nitrogens with zero attached hydrogens (tertiary/aromatic N) is 2. The molecule has 0 aliphatic rings. The van der Waals surface area contributed by atoms with E-state index in [-0.39, 0.29) is 17.3 Å². The number of benzene rings is 3. The summed E-state index contributed by atoms with van der Waals surface area (Å²) < 4.78 is 28.5. The smallest absolute Gasteiger partial charge is 0.264 e. The van der Waals surface area contributed by atoms with Crippen molar-refractivity contribution in [3.8, 4) is 0 Å². The summed E-state index contributed by atoms with van der Waals surface area (Å²) in [5, 5.41) is 3.36. The summed E-state index contributed by atoms with van der Waals surface area (Å²) in [6.07, 6.45) is 0.312. The van der Waals surface area contributed by atoms with E-state index in [2.05, 4.69) is 5.32 Å². The number of carbonyl (C=O) groups excluding carboxylic acids is 2. The normalized spacial score (nSPS) is 12.0. The maximum absolute atomic E-state index is 13.8. The monoisotopic (exact) mass is 561 g/mol. The number of aryl methyl sites for hydroxylation is 1. The van der Waals surface area contributed by atoms with Crippen molar-refractivity contribution in [2.45, 2.75) is 37.8 Å². The summed E-state index contributed by atoms with van der Waals surface area (Å²) >= 11 is 12.4. The van der Waals surface area contributed by atoms with Gasteiger partial charge >= 0.3 is 0 Å². The highest BCUT2D eigenvalue weighted by Gasteiger charge is 2.33. The lowest BCUT2D eigenvalue weighted by atomic mass is 10.1. The topological polar surface area (TPSA) is 86.8 Å². The van der Waals surface area contributed by atoms with Crippen LogP contribution in [0.5, 0.6) is 0 Å². The fraction of sp³-hybridized carbons (Fsp3) is 0.259. The number of sulfonamides is 1. The van der Waals surface area contributed by atoms with Crippen molar-refractivity contribution in [2.24, 2.45) is 0 Å². The van der Waals surface area contributed by atoms with E-state index in [0.29, 0.717) is 27.7 Å². The van der Waals surface area contributed by atoms with Crippen molar-refractivity contribution in [3.05, 3.63) is 94.0 Å². The van der Waals surface area contributed by atoms with Crippen LogP contribution in [0, 0.1) is 6.92 Å². The lowest BCUT2D eigenvalue weighted by Gasteiger charge is -2.33. The second-order valence-corrected chi connectivity index (χ2v) is 11.2. The van der Waals surface area contributed by atoms with Gasteiger partial charge in [0.2, 0.25) is 11.8 Å². The number of hydrogen-bond acceptors (Lipinski definition) is 4. The van der Waals surface area contributed by atoms with Crippen LogP contribution in [0.1, 0.15) is 24.5 Å². The molecule has 3 aromatic rings. The Hall–Kier alpha value is -3.07. The van der Waals surface area contributed by atoms with Gasteiger partial charge in [0.25, 0.3) is 10.0 Å². The van der Waals surface area contributed by atoms with Crippen LogP contribution in [-0.4, -0.2) is 44.8 Å². The fourth-order valence-corrected chi connectivity index (χ4v) is 5.76. The number of anilines is 1. The molecule has 1 atom stereocenters. The molecule has 3 rings (SSSR count). The summed E-state index contributed by atoms with van der Waals surface area (Å²) in [6.45, 7) is 3.12. The number of halogens is 2. The third-order valence-corrected chi connectivity index (χ3v) is 8.30. The van der Waals surface area contributed by atoms with Crippen molar-refractivity contribution in [1.29, 1.82) is 0 Å². The first-order valence-corrected chi connectivity index (χ1v) is 13.9. The molecule has 196 valence electrons. The van der Waals surface area contributed by atoms with Gasteiger partial charge in [0.15, 0.2) is 0 Å². The molecule has 0 saturated carbocycles. The predicted molar refractivity (Wildman–Crippen MR) is 147 cm³/mol. The second-order valence-electron chi connectivity index (χ2n) is 8.46. The third kappa shape index (κ3) is 6.83. The van der Waals surface area contributed by atoms with Crippen LogP contribution in [0.4, 0.5) is 5.69 Å². The van der Waals surface area contributed by atoms with E-state index in [0.717, 1.165) is 9.87 Å². The molecule has 37 heavy (non-hydrogen) atoms. The Balaban J connectivity index is 2.05. The van der Waals surface area contributed by atoms with E-state index in [1.807, 2.05) is 6.92 Å². The lowest BCUT2D eigenvalue weighted by Crippen LogP contribution is -2.51. The van der Waals surface area contributed by atoms with Crippen LogP contribution in [0.25, 0.3) is 0 Å². The molecule has 0 aliphatic heterocycles. The summed E-state index contributed by atoms with van der Waals surface area (Å²) in [5.41, 5.74) is 1.81. The average molecular weight is 563 g/mol. The molecule has 0 bridgehead atoms. The Kier molecular flexibility index (Phi) is 9.59. The van der Waals surface area contributed by atoms with E-state index in [1.54, 1.807) is 67.6 Å². The molecule has 1 unspecified atom stereocenters. The van der Waals surface area contributed by atoms with Crippen molar-refractivity contribution in [2.75, 3.05) is 17.9 Å². The second kappa shape index (κ2) is 12.4. The molecule has 3 aromatic carbocycles. The fourth-order valence-electron chi connectivity index (χ4n) is 3.88. The first-order valence-electron chi connectivity index (χ1n) is 11.7. The highest BCUT2D eigenvalue weighted by molar-refractivity contribution is 7.92. The molecular formula is C27H29Cl2N3O4S. The minimum atomic E-state index is -4.10. The zero-order valence-electron chi connectivity index (χ0n) is 20.8. The zero-order valence-corrected chi connectivity index (χ0v) is 23.1. The number of likely N-dealkylation sites (N-methyl/N-ethyl adjacent to an activating group) is 1. The summed E-state index contributed by atoms with van der Waals surface area (Å²) in [7, 11) is -2.62. The van der Waals surface area contributed by atoms with Crippen LogP contribution >= 0.6 is 23.2 Å². The Morgan fingerprint density at radius 3 is 2.19 bits per heavy atom. The Labute approximate surface area is 228 Å². The van der Waals surface area contributed by atoms with Crippen LogP contribution in [-0.2, 0) is 26.2 Å². The SMILES string of the molecule is CCC(C(=O)NC)N(Cc1ccc(Cl)cc1Cl)C(=O)CN(c1ccccc1)S(=O)(=O)c1ccc(C)cc1. The molecule has 0 fully saturated rings. The van der Waals surface area contributed by atoms with Gasteiger partial charge in [-0.15, -0.1) is 0 Å². The van der Waals surface area contributed by atoms with Gasteiger partial charge in [-0.05, 0) is 55.3 Å². The number of para-hydroxylation sites is 1. The number of carbonyl (C=O) groups is 2.